The Morgan fingerprint density at radius 2 is 1.91 bits per heavy atom. The maximum Gasteiger partial charge on any atom is 0.229 e. The summed E-state index contributed by atoms with van der Waals surface area (Å²) < 4.78 is 16.8. The third-order valence-electron chi connectivity index (χ3n) is 6.32. The van der Waals surface area contributed by atoms with Gasteiger partial charge in [-0.1, -0.05) is 26.0 Å². The Bertz CT molecular complexity index is 1310. The molecule has 3 aromatic heterocycles. The third kappa shape index (κ3) is 5.01. The van der Waals surface area contributed by atoms with Crippen LogP contribution in [0.1, 0.15) is 37.9 Å². The summed E-state index contributed by atoms with van der Waals surface area (Å²) in [5.74, 6) is 0.747. The first-order valence-corrected chi connectivity index (χ1v) is 12.2. The van der Waals surface area contributed by atoms with Crippen molar-refractivity contribution in [2.45, 2.75) is 39.8 Å². The van der Waals surface area contributed by atoms with Gasteiger partial charge in [-0.2, -0.15) is 5.10 Å². The SMILES string of the molecule is CCn1nc2ccc(-c3nc(Nc4ccc(CN5CCNCC5)cn4)ncc3F)cc2c1C(C)C. The number of rotatable bonds is 7. The molecule has 0 atom stereocenters. The first kappa shape index (κ1) is 23.3. The third-order valence-corrected chi connectivity index (χ3v) is 6.32. The second-order valence-electron chi connectivity index (χ2n) is 9.18. The van der Waals surface area contributed by atoms with Crippen LogP contribution in [0.2, 0.25) is 0 Å². The van der Waals surface area contributed by atoms with Crippen molar-refractivity contribution >= 4 is 22.7 Å². The van der Waals surface area contributed by atoms with Gasteiger partial charge in [0.25, 0.3) is 0 Å². The van der Waals surface area contributed by atoms with Crippen LogP contribution in [0.5, 0.6) is 0 Å². The van der Waals surface area contributed by atoms with Gasteiger partial charge in [0.15, 0.2) is 5.82 Å². The molecule has 1 fully saturated rings. The van der Waals surface area contributed by atoms with E-state index >= 15 is 0 Å². The number of fused-ring (bicyclic) bond motifs is 1. The molecule has 0 saturated carbocycles. The second-order valence-corrected chi connectivity index (χ2v) is 9.18. The molecule has 0 radical (unpaired) electrons. The molecule has 0 bridgehead atoms. The maximum absolute atomic E-state index is 14.8. The number of hydrogen-bond acceptors (Lipinski definition) is 7. The van der Waals surface area contributed by atoms with Gasteiger partial charge in [-0.05, 0) is 36.6 Å². The molecule has 9 heteroatoms. The Morgan fingerprint density at radius 1 is 1.09 bits per heavy atom. The normalized spacial score (nSPS) is 14.7. The molecular formula is C26H31FN8. The van der Waals surface area contributed by atoms with Gasteiger partial charge in [0.05, 0.1) is 11.7 Å². The van der Waals surface area contributed by atoms with E-state index in [1.165, 1.54) is 6.20 Å². The highest BCUT2D eigenvalue weighted by Crippen LogP contribution is 2.31. The molecule has 1 saturated heterocycles. The molecule has 0 amide bonds. The van der Waals surface area contributed by atoms with Gasteiger partial charge in [-0.25, -0.2) is 19.3 Å². The highest BCUT2D eigenvalue weighted by atomic mass is 19.1. The average molecular weight is 475 g/mol. The molecular weight excluding hydrogens is 443 g/mol. The predicted molar refractivity (Wildman–Crippen MR) is 136 cm³/mol. The summed E-state index contributed by atoms with van der Waals surface area (Å²) >= 11 is 0. The Hall–Kier alpha value is -3.43. The van der Waals surface area contributed by atoms with E-state index in [1.807, 2.05) is 35.1 Å². The number of nitrogens with one attached hydrogen (secondary N) is 2. The van der Waals surface area contributed by atoms with Crippen LogP contribution in [-0.2, 0) is 13.1 Å². The highest BCUT2D eigenvalue weighted by Gasteiger charge is 2.17. The average Bonchev–Trinajstić information content (AvgIpc) is 3.25. The van der Waals surface area contributed by atoms with E-state index in [2.05, 4.69) is 57.3 Å². The number of anilines is 2. The first-order valence-electron chi connectivity index (χ1n) is 12.2. The van der Waals surface area contributed by atoms with Gasteiger partial charge in [0.1, 0.15) is 11.5 Å². The largest absolute Gasteiger partial charge is 0.314 e. The fourth-order valence-electron chi connectivity index (χ4n) is 4.61. The fourth-order valence-corrected chi connectivity index (χ4v) is 4.61. The zero-order chi connectivity index (χ0) is 24.4. The van der Waals surface area contributed by atoms with Crippen LogP contribution in [-0.4, -0.2) is 55.8 Å². The lowest BCUT2D eigenvalue weighted by atomic mass is 10.0. The van der Waals surface area contributed by atoms with Crippen molar-refractivity contribution < 1.29 is 4.39 Å². The summed E-state index contributed by atoms with van der Waals surface area (Å²) in [5.41, 5.74) is 4.13. The minimum atomic E-state index is -0.469. The van der Waals surface area contributed by atoms with Crippen LogP contribution >= 0.6 is 0 Å². The lowest BCUT2D eigenvalue weighted by Gasteiger charge is -2.27. The van der Waals surface area contributed by atoms with E-state index in [-0.39, 0.29) is 5.69 Å². The summed E-state index contributed by atoms with van der Waals surface area (Å²) in [4.78, 5) is 15.5. The number of hydrogen-bond donors (Lipinski definition) is 2. The lowest BCUT2D eigenvalue weighted by Crippen LogP contribution is -2.42. The molecule has 0 unspecified atom stereocenters. The van der Waals surface area contributed by atoms with Crippen LogP contribution in [0, 0.1) is 5.82 Å². The highest BCUT2D eigenvalue weighted by molar-refractivity contribution is 5.87. The van der Waals surface area contributed by atoms with Gasteiger partial charge in [-0.3, -0.25) is 9.58 Å². The Balaban J connectivity index is 1.38. The van der Waals surface area contributed by atoms with Crippen molar-refractivity contribution in [3.8, 4) is 11.3 Å². The van der Waals surface area contributed by atoms with Crippen LogP contribution < -0.4 is 10.6 Å². The zero-order valence-corrected chi connectivity index (χ0v) is 20.4. The minimum Gasteiger partial charge on any atom is -0.314 e. The summed E-state index contributed by atoms with van der Waals surface area (Å²) in [6, 6.07) is 9.72. The van der Waals surface area contributed by atoms with Crippen molar-refractivity contribution in [1.82, 2.24) is 34.9 Å². The zero-order valence-electron chi connectivity index (χ0n) is 20.4. The number of nitrogens with zero attached hydrogens (tertiary/aromatic N) is 6. The molecule has 1 aromatic carbocycles. The molecule has 5 rings (SSSR count). The molecule has 182 valence electrons. The quantitative estimate of drug-likeness (QED) is 0.413. The molecule has 0 aliphatic carbocycles. The van der Waals surface area contributed by atoms with Gasteiger partial charge < -0.3 is 10.6 Å². The van der Waals surface area contributed by atoms with Gasteiger partial charge in [0.2, 0.25) is 5.95 Å². The van der Waals surface area contributed by atoms with Crippen molar-refractivity contribution in [3.05, 3.63) is 59.8 Å². The van der Waals surface area contributed by atoms with Crippen LogP contribution in [0.4, 0.5) is 16.2 Å². The number of benzene rings is 1. The van der Waals surface area contributed by atoms with Gasteiger partial charge in [0, 0.05) is 62.1 Å². The van der Waals surface area contributed by atoms with E-state index in [0.29, 0.717) is 23.2 Å². The monoisotopic (exact) mass is 474 g/mol. The number of aromatic nitrogens is 5. The van der Waals surface area contributed by atoms with Gasteiger partial charge in [-0.15, -0.1) is 0 Å². The Kier molecular flexibility index (Phi) is 6.70. The van der Waals surface area contributed by atoms with E-state index < -0.39 is 5.82 Å². The molecule has 8 nitrogen and oxygen atoms in total. The molecule has 1 aliphatic heterocycles. The minimum absolute atomic E-state index is 0.249. The van der Waals surface area contributed by atoms with Crippen molar-refractivity contribution in [1.29, 1.82) is 0 Å². The van der Waals surface area contributed by atoms with Crippen molar-refractivity contribution in [3.63, 3.8) is 0 Å². The number of piperazine rings is 1. The predicted octanol–water partition coefficient (Wildman–Crippen LogP) is 4.32. The van der Waals surface area contributed by atoms with E-state index in [9.17, 15) is 4.39 Å². The topological polar surface area (TPSA) is 83.8 Å². The van der Waals surface area contributed by atoms with Crippen LogP contribution in [0.3, 0.4) is 0 Å². The number of halogens is 1. The fraction of sp³-hybridized carbons (Fsp3) is 0.385. The van der Waals surface area contributed by atoms with Gasteiger partial charge >= 0.3 is 0 Å². The van der Waals surface area contributed by atoms with E-state index in [4.69, 9.17) is 5.10 Å². The van der Waals surface area contributed by atoms with Crippen LogP contribution in [0.15, 0.2) is 42.7 Å². The summed E-state index contributed by atoms with van der Waals surface area (Å²) in [5, 5.41) is 12.2. The molecule has 1 aliphatic rings. The van der Waals surface area contributed by atoms with Crippen molar-refractivity contribution in [2.75, 3.05) is 31.5 Å². The smallest absolute Gasteiger partial charge is 0.229 e. The lowest BCUT2D eigenvalue weighted by molar-refractivity contribution is 0.233. The first-order chi connectivity index (χ1) is 17.0. The Morgan fingerprint density at radius 3 is 2.63 bits per heavy atom. The maximum atomic E-state index is 14.8. The summed E-state index contributed by atoms with van der Waals surface area (Å²) in [6.07, 6.45) is 3.06. The van der Waals surface area contributed by atoms with E-state index in [1.54, 1.807) is 0 Å². The molecule has 35 heavy (non-hydrogen) atoms. The summed E-state index contributed by atoms with van der Waals surface area (Å²) in [7, 11) is 0. The van der Waals surface area contributed by atoms with Crippen molar-refractivity contribution in [2.24, 2.45) is 0 Å². The Labute approximate surface area is 204 Å². The molecule has 0 spiro atoms. The second kappa shape index (κ2) is 10.1. The molecule has 4 aromatic rings. The molecule has 4 heterocycles. The number of pyridine rings is 1. The summed E-state index contributed by atoms with van der Waals surface area (Å²) in [6.45, 7) is 12.1. The van der Waals surface area contributed by atoms with Crippen LogP contribution in [0.25, 0.3) is 22.2 Å². The van der Waals surface area contributed by atoms with E-state index in [0.717, 1.165) is 61.4 Å². The number of aryl methyl sites for hydroxylation is 1. The molecule has 2 N–H and O–H groups in total. The standard InChI is InChI=1S/C26H31FN8/c1-4-35-25(17(2)3)20-13-19(6-7-22(20)33-35)24-21(27)15-30-26(32-24)31-23-8-5-18(14-29-23)16-34-11-9-28-10-12-34/h5-8,13-15,17,28H,4,9-12,16H2,1-3H3,(H,29,30,31,32).